The van der Waals surface area contributed by atoms with E-state index in [0.29, 0.717) is 15.0 Å². The van der Waals surface area contributed by atoms with Crippen molar-refractivity contribution in [2.45, 2.75) is 6.92 Å². The van der Waals surface area contributed by atoms with Gasteiger partial charge in [0.05, 0.1) is 3.57 Å². The predicted octanol–water partition coefficient (Wildman–Crippen LogP) is 3.72. The summed E-state index contributed by atoms with van der Waals surface area (Å²) in [5.41, 5.74) is 1.37. The molecule has 0 unspecified atom stereocenters. The van der Waals surface area contributed by atoms with E-state index in [1.165, 1.54) is 6.07 Å². The number of halogens is 2. The number of aryl methyl sites for hydroxylation is 1. The molecule has 0 atom stereocenters. The Morgan fingerprint density at radius 1 is 1.42 bits per heavy atom. The molecule has 0 aliphatic heterocycles. The summed E-state index contributed by atoms with van der Waals surface area (Å²) in [4.78, 5) is 16.1. The number of carbonyl (C=O) groups excluding carboxylic acids is 1. The smallest absolute Gasteiger partial charge is 0.256 e. The van der Waals surface area contributed by atoms with E-state index in [-0.39, 0.29) is 11.7 Å². The zero-order valence-electron chi connectivity index (χ0n) is 9.95. The number of nitrogens with zero attached hydrogens (tertiary/aromatic N) is 1. The Hall–Kier alpha value is -1.15. The molecule has 2 rings (SSSR count). The molecular weight excluding hydrogens is 423 g/mol. The van der Waals surface area contributed by atoms with Gasteiger partial charge in [-0.2, -0.15) is 0 Å². The summed E-state index contributed by atoms with van der Waals surface area (Å²) in [5.74, 6) is 0.262. The number of aromatic hydroxyl groups is 1. The van der Waals surface area contributed by atoms with Crippen LogP contribution in [0.1, 0.15) is 15.9 Å². The molecule has 1 aromatic heterocycles. The van der Waals surface area contributed by atoms with Crippen LogP contribution >= 0.6 is 38.5 Å². The summed E-state index contributed by atoms with van der Waals surface area (Å²) in [5, 5.41) is 12.3. The predicted molar refractivity (Wildman–Crippen MR) is 85.5 cm³/mol. The van der Waals surface area contributed by atoms with Gasteiger partial charge in [-0.3, -0.25) is 4.79 Å². The van der Waals surface area contributed by atoms with Crippen LogP contribution in [-0.2, 0) is 0 Å². The standard InChI is InChI=1S/C13H10BrIN2O2/c1-7-4-12(16-6-9(7)14)17-13(19)8-2-3-10(15)11(18)5-8/h2-6,18H,1H3,(H,16,17,19). The van der Waals surface area contributed by atoms with Crippen LogP contribution in [0.25, 0.3) is 0 Å². The van der Waals surface area contributed by atoms with Crippen molar-refractivity contribution in [1.29, 1.82) is 0 Å². The van der Waals surface area contributed by atoms with Crippen molar-refractivity contribution in [3.05, 3.63) is 49.6 Å². The van der Waals surface area contributed by atoms with Crippen LogP contribution < -0.4 is 5.32 Å². The van der Waals surface area contributed by atoms with E-state index in [9.17, 15) is 9.90 Å². The van der Waals surface area contributed by atoms with E-state index in [2.05, 4.69) is 26.2 Å². The maximum atomic E-state index is 12.0. The van der Waals surface area contributed by atoms with Gasteiger partial charge in [0.15, 0.2) is 0 Å². The van der Waals surface area contributed by atoms with E-state index in [1.54, 1.807) is 24.4 Å². The SMILES string of the molecule is Cc1cc(NC(=O)c2ccc(I)c(O)c2)ncc1Br. The summed E-state index contributed by atoms with van der Waals surface area (Å²) >= 11 is 5.35. The highest BCUT2D eigenvalue weighted by molar-refractivity contribution is 14.1. The summed E-state index contributed by atoms with van der Waals surface area (Å²) in [7, 11) is 0. The summed E-state index contributed by atoms with van der Waals surface area (Å²) in [6, 6.07) is 6.55. The molecule has 0 fully saturated rings. The number of anilines is 1. The number of rotatable bonds is 2. The molecule has 0 aliphatic carbocycles. The minimum absolute atomic E-state index is 0.0909. The van der Waals surface area contributed by atoms with Gasteiger partial charge in [-0.15, -0.1) is 0 Å². The molecule has 98 valence electrons. The number of hydrogen-bond acceptors (Lipinski definition) is 3. The molecule has 0 spiro atoms. The zero-order chi connectivity index (χ0) is 14.0. The third-order valence-corrected chi connectivity index (χ3v) is 4.24. The molecule has 0 radical (unpaired) electrons. The van der Waals surface area contributed by atoms with Gasteiger partial charge in [0, 0.05) is 16.2 Å². The third-order valence-electron chi connectivity index (χ3n) is 2.50. The molecule has 1 aromatic carbocycles. The fourth-order valence-electron chi connectivity index (χ4n) is 1.45. The first-order chi connectivity index (χ1) is 8.97. The molecule has 2 N–H and O–H groups in total. The number of hydrogen-bond donors (Lipinski definition) is 2. The van der Waals surface area contributed by atoms with Crippen molar-refractivity contribution in [2.24, 2.45) is 0 Å². The number of carbonyl (C=O) groups is 1. The minimum atomic E-state index is -0.305. The lowest BCUT2D eigenvalue weighted by molar-refractivity contribution is 0.102. The molecule has 1 heterocycles. The Labute approximate surface area is 132 Å². The first-order valence-electron chi connectivity index (χ1n) is 5.39. The van der Waals surface area contributed by atoms with Crippen LogP contribution in [0.4, 0.5) is 5.82 Å². The molecule has 0 saturated heterocycles. The maximum absolute atomic E-state index is 12.0. The molecule has 19 heavy (non-hydrogen) atoms. The Kier molecular flexibility index (Phi) is 4.41. The van der Waals surface area contributed by atoms with E-state index < -0.39 is 0 Å². The van der Waals surface area contributed by atoms with Crippen LogP contribution in [0.2, 0.25) is 0 Å². The molecule has 0 bridgehead atoms. The molecule has 2 aromatic rings. The fraction of sp³-hybridized carbons (Fsp3) is 0.0769. The van der Waals surface area contributed by atoms with Crippen molar-refractivity contribution in [2.75, 3.05) is 5.32 Å². The van der Waals surface area contributed by atoms with E-state index >= 15 is 0 Å². The van der Waals surface area contributed by atoms with Gasteiger partial charge in [0.1, 0.15) is 11.6 Å². The molecular formula is C13H10BrIN2O2. The lowest BCUT2D eigenvalue weighted by Crippen LogP contribution is -2.13. The number of amides is 1. The van der Waals surface area contributed by atoms with Gasteiger partial charge in [0.25, 0.3) is 5.91 Å². The Morgan fingerprint density at radius 2 is 2.16 bits per heavy atom. The van der Waals surface area contributed by atoms with Crippen LogP contribution in [0.5, 0.6) is 5.75 Å². The number of phenolic OH excluding ortho intramolecular Hbond substituents is 1. The van der Waals surface area contributed by atoms with Gasteiger partial charge in [-0.25, -0.2) is 4.98 Å². The average molecular weight is 433 g/mol. The highest BCUT2D eigenvalue weighted by Gasteiger charge is 2.09. The van der Waals surface area contributed by atoms with Crippen molar-refractivity contribution in [1.82, 2.24) is 4.98 Å². The minimum Gasteiger partial charge on any atom is -0.507 e. The first kappa shape index (κ1) is 14.3. The van der Waals surface area contributed by atoms with Gasteiger partial charge in [-0.05, 0) is 75.3 Å². The zero-order valence-corrected chi connectivity index (χ0v) is 13.7. The molecule has 0 aliphatic rings. The van der Waals surface area contributed by atoms with E-state index in [4.69, 9.17) is 0 Å². The number of pyridine rings is 1. The Morgan fingerprint density at radius 3 is 2.79 bits per heavy atom. The van der Waals surface area contributed by atoms with Gasteiger partial charge in [-0.1, -0.05) is 0 Å². The molecule has 0 saturated carbocycles. The van der Waals surface area contributed by atoms with Crippen LogP contribution in [0, 0.1) is 10.5 Å². The quantitative estimate of drug-likeness (QED) is 0.711. The maximum Gasteiger partial charge on any atom is 0.256 e. The van der Waals surface area contributed by atoms with Crippen LogP contribution in [0.15, 0.2) is 34.9 Å². The normalized spacial score (nSPS) is 10.3. The third kappa shape index (κ3) is 3.44. The number of aromatic nitrogens is 1. The molecule has 6 heteroatoms. The van der Waals surface area contributed by atoms with Crippen molar-refractivity contribution in [3.8, 4) is 5.75 Å². The van der Waals surface area contributed by atoms with Crippen molar-refractivity contribution >= 4 is 50.2 Å². The highest BCUT2D eigenvalue weighted by atomic mass is 127. The van der Waals surface area contributed by atoms with E-state index in [1.807, 2.05) is 29.5 Å². The van der Waals surface area contributed by atoms with Crippen molar-refractivity contribution in [3.63, 3.8) is 0 Å². The number of phenols is 1. The summed E-state index contributed by atoms with van der Waals surface area (Å²) in [6.07, 6.45) is 1.64. The lowest BCUT2D eigenvalue weighted by atomic mass is 10.2. The summed E-state index contributed by atoms with van der Waals surface area (Å²) in [6.45, 7) is 1.91. The average Bonchev–Trinajstić information content (AvgIpc) is 2.37. The van der Waals surface area contributed by atoms with Crippen LogP contribution in [0.3, 0.4) is 0 Å². The van der Waals surface area contributed by atoms with Gasteiger partial charge >= 0.3 is 0 Å². The second kappa shape index (κ2) is 5.87. The second-order valence-electron chi connectivity index (χ2n) is 3.94. The second-order valence-corrected chi connectivity index (χ2v) is 5.96. The lowest BCUT2D eigenvalue weighted by Gasteiger charge is -2.07. The van der Waals surface area contributed by atoms with E-state index in [0.717, 1.165) is 10.0 Å². The number of benzene rings is 1. The largest absolute Gasteiger partial charge is 0.507 e. The topological polar surface area (TPSA) is 62.2 Å². The monoisotopic (exact) mass is 432 g/mol. The Balaban J connectivity index is 2.20. The van der Waals surface area contributed by atoms with Gasteiger partial charge < -0.3 is 10.4 Å². The van der Waals surface area contributed by atoms with Crippen molar-refractivity contribution < 1.29 is 9.90 Å². The first-order valence-corrected chi connectivity index (χ1v) is 7.26. The Bertz CT molecular complexity index is 647. The van der Waals surface area contributed by atoms with Crippen LogP contribution in [-0.4, -0.2) is 16.0 Å². The summed E-state index contributed by atoms with van der Waals surface area (Å²) < 4.78 is 1.59. The highest BCUT2D eigenvalue weighted by Crippen LogP contribution is 2.22. The fourth-order valence-corrected chi connectivity index (χ4v) is 2.00. The van der Waals surface area contributed by atoms with Gasteiger partial charge in [0.2, 0.25) is 0 Å². The molecule has 1 amide bonds. The number of nitrogens with one attached hydrogen (secondary N) is 1. The molecule has 4 nitrogen and oxygen atoms in total.